The maximum atomic E-state index is 12.4. The molecule has 1 amide bonds. The SMILES string of the molecule is CCCN(C)c1ccc(C(=O)NC2(CN)CCCC2)cc1. The van der Waals surface area contributed by atoms with Gasteiger partial charge in [0.05, 0.1) is 5.54 Å². The summed E-state index contributed by atoms with van der Waals surface area (Å²) in [6.45, 7) is 3.70. The van der Waals surface area contributed by atoms with Crippen LogP contribution in [0.3, 0.4) is 0 Å². The lowest BCUT2D eigenvalue weighted by molar-refractivity contribution is 0.0903. The first-order valence-electron chi connectivity index (χ1n) is 7.94. The number of carbonyl (C=O) groups excluding carboxylic acids is 1. The molecule has 0 aliphatic heterocycles. The summed E-state index contributed by atoms with van der Waals surface area (Å²) in [5.41, 5.74) is 7.54. The summed E-state index contributed by atoms with van der Waals surface area (Å²) in [7, 11) is 2.07. The normalized spacial score (nSPS) is 16.7. The van der Waals surface area contributed by atoms with E-state index >= 15 is 0 Å². The number of nitrogens with one attached hydrogen (secondary N) is 1. The van der Waals surface area contributed by atoms with Crippen LogP contribution in [0.25, 0.3) is 0 Å². The summed E-state index contributed by atoms with van der Waals surface area (Å²) in [4.78, 5) is 14.6. The number of anilines is 1. The van der Waals surface area contributed by atoms with Crippen LogP contribution in [0.2, 0.25) is 0 Å². The summed E-state index contributed by atoms with van der Waals surface area (Å²) in [6.07, 6.45) is 5.40. The molecular weight excluding hydrogens is 262 g/mol. The number of rotatable bonds is 6. The third-order valence-electron chi connectivity index (χ3n) is 4.46. The van der Waals surface area contributed by atoms with Gasteiger partial charge in [-0.05, 0) is 43.5 Å². The number of nitrogens with two attached hydrogens (primary N) is 1. The summed E-state index contributed by atoms with van der Waals surface area (Å²) < 4.78 is 0. The van der Waals surface area contributed by atoms with Crippen LogP contribution in [0, 0.1) is 0 Å². The zero-order chi connectivity index (χ0) is 15.3. The van der Waals surface area contributed by atoms with Gasteiger partial charge >= 0.3 is 0 Å². The van der Waals surface area contributed by atoms with Crippen molar-refractivity contribution in [1.82, 2.24) is 5.32 Å². The number of hydrogen-bond donors (Lipinski definition) is 2. The number of hydrogen-bond acceptors (Lipinski definition) is 3. The Bertz CT molecular complexity index is 463. The third kappa shape index (κ3) is 3.76. The van der Waals surface area contributed by atoms with Crippen molar-refractivity contribution in [2.45, 2.75) is 44.6 Å². The molecule has 4 nitrogen and oxygen atoms in total. The van der Waals surface area contributed by atoms with Crippen LogP contribution in [-0.4, -0.2) is 31.6 Å². The van der Waals surface area contributed by atoms with Crippen LogP contribution >= 0.6 is 0 Å². The minimum Gasteiger partial charge on any atom is -0.375 e. The lowest BCUT2D eigenvalue weighted by atomic mass is 9.97. The van der Waals surface area contributed by atoms with Gasteiger partial charge in [0.15, 0.2) is 0 Å². The van der Waals surface area contributed by atoms with Gasteiger partial charge in [-0.2, -0.15) is 0 Å². The van der Waals surface area contributed by atoms with E-state index in [-0.39, 0.29) is 11.4 Å². The Hall–Kier alpha value is -1.55. The Morgan fingerprint density at radius 3 is 2.43 bits per heavy atom. The molecule has 0 bridgehead atoms. The van der Waals surface area contributed by atoms with Gasteiger partial charge in [0.1, 0.15) is 0 Å². The minimum absolute atomic E-state index is 0.00737. The van der Waals surface area contributed by atoms with E-state index in [0.717, 1.165) is 44.3 Å². The molecule has 0 heterocycles. The van der Waals surface area contributed by atoms with E-state index in [1.807, 2.05) is 24.3 Å². The highest BCUT2D eigenvalue weighted by Gasteiger charge is 2.33. The zero-order valence-electron chi connectivity index (χ0n) is 13.2. The Labute approximate surface area is 127 Å². The molecular formula is C17H27N3O. The number of amides is 1. The molecule has 4 heteroatoms. The first kappa shape index (κ1) is 15.8. The molecule has 1 saturated carbocycles. The smallest absolute Gasteiger partial charge is 0.251 e. The lowest BCUT2D eigenvalue weighted by Gasteiger charge is -2.28. The molecule has 2 rings (SSSR count). The molecule has 1 aromatic carbocycles. The number of carbonyl (C=O) groups is 1. The molecule has 1 aliphatic carbocycles. The average Bonchev–Trinajstić information content (AvgIpc) is 2.96. The zero-order valence-corrected chi connectivity index (χ0v) is 13.2. The van der Waals surface area contributed by atoms with E-state index in [2.05, 4.69) is 24.2 Å². The fourth-order valence-electron chi connectivity index (χ4n) is 3.08. The van der Waals surface area contributed by atoms with Gasteiger partial charge in [0.25, 0.3) is 5.91 Å². The van der Waals surface area contributed by atoms with E-state index in [4.69, 9.17) is 5.73 Å². The molecule has 0 spiro atoms. The Morgan fingerprint density at radius 1 is 1.29 bits per heavy atom. The predicted molar refractivity (Wildman–Crippen MR) is 87.7 cm³/mol. The second-order valence-corrected chi connectivity index (χ2v) is 6.11. The summed E-state index contributed by atoms with van der Waals surface area (Å²) in [5.74, 6) is -0.00737. The summed E-state index contributed by atoms with van der Waals surface area (Å²) in [5, 5.41) is 3.15. The van der Waals surface area contributed by atoms with Gasteiger partial charge in [0.2, 0.25) is 0 Å². The van der Waals surface area contributed by atoms with E-state index in [0.29, 0.717) is 12.1 Å². The molecule has 0 saturated heterocycles. The first-order valence-corrected chi connectivity index (χ1v) is 7.94. The average molecular weight is 289 g/mol. The maximum Gasteiger partial charge on any atom is 0.251 e. The second kappa shape index (κ2) is 6.94. The molecule has 0 unspecified atom stereocenters. The van der Waals surface area contributed by atoms with Gasteiger partial charge < -0.3 is 16.0 Å². The van der Waals surface area contributed by atoms with Gasteiger partial charge in [-0.15, -0.1) is 0 Å². The summed E-state index contributed by atoms with van der Waals surface area (Å²) in [6, 6.07) is 7.81. The molecule has 0 radical (unpaired) electrons. The van der Waals surface area contributed by atoms with Crippen molar-refractivity contribution in [1.29, 1.82) is 0 Å². The fraction of sp³-hybridized carbons (Fsp3) is 0.588. The highest BCUT2D eigenvalue weighted by atomic mass is 16.1. The van der Waals surface area contributed by atoms with Gasteiger partial charge in [-0.1, -0.05) is 19.8 Å². The van der Waals surface area contributed by atoms with Crippen LogP contribution in [0.5, 0.6) is 0 Å². The van der Waals surface area contributed by atoms with Crippen molar-refractivity contribution in [2.75, 3.05) is 25.0 Å². The molecule has 1 aliphatic rings. The Kier molecular flexibility index (Phi) is 5.23. The molecule has 3 N–H and O–H groups in total. The molecule has 21 heavy (non-hydrogen) atoms. The van der Waals surface area contributed by atoms with E-state index < -0.39 is 0 Å². The molecule has 0 aromatic heterocycles. The monoisotopic (exact) mass is 289 g/mol. The van der Waals surface area contributed by atoms with Gasteiger partial charge in [-0.25, -0.2) is 0 Å². The fourth-order valence-corrected chi connectivity index (χ4v) is 3.08. The van der Waals surface area contributed by atoms with Gasteiger partial charge in [-0.3, -0.25) is 4.79 Å². The predicted octanol–water partition coefficient (Wildman–Crippen LogP) is 2.53. The maximum absolute atomic E-state index is 12.4. The molecule has 1 fully saturated rings. The van der Waals surface area contributed by atoms with E-state index in [9.17, 15) is 4.79 Å². The van der Waals surface area contributed by atoms with Gasteiger partial charge in [0, 0.05) is 31.4 Å². The van der Waals surface area contributed by atoms with Crippen LogP contribution in [0.15, 0.2) is 24.3 Å². The number of benzene rings is 1. The van der Waals surface area contributed by atoms with Crippen LogP contribution in [0.1, 0.15) is 49.4 Å². The second-order valence-electron chi connectivity index (χ2n) is 6.11. The van der Waals surface area contributed by atoms with E-state index in [1.54, 1.807) is 0 Å². The largest absolute Gasteiger partial charge is 0.375 e. The van der Waals surface area contributed by atoms with Crippen molar-refractivity contribution in [3.63, 3.8) is 0 Å². The number of nitrogens with zero attached hydrogens (tertiary/aromatic N) is 1. The Morgan fingerprint density at radius 2 is 1.90 bits per heavy atom. The molecule has 1 aromatic rings. The highest BCUT2D eigenvalue weighted by Crippen LogP contribution is 2.29. The first-order chi connectivity index (χ1) is 10.1. The third-order valence-corrected chi connectivity index (χ3v) is 4.46. The van der Waals surface area contributed by atoms with Crippen LogP contribution in [0.4, 0.5) is 5.69 Å². The van der Waals surface area contributed by atoms with Crippen LogP contribution < -0.4 is 16.0 Å². The quantitative estimate of drug-likeness (QED) is 0.846. The minimum atomic E-state index is -0.186. The highest BCUT2D eigenvalue weighted by molar-refractivity contribution is 5.95. The molecule has 0 atom stereocenters. The summed E-state index contributed by atoms with van der Waals surface area (Å²) >= 11 is 0. The van der Waals surface area contributed by atoms with E-state index in [1.165, 1.54) is 0 Å². The van der Waals surface area contributed by atoms with Crippen molar-refractivity contribution in [3.05, 3.63) is 29.8 Å². The Balaban J connectivity index is 2.02. The van der Waals surface area contributed by atoms with Crippen molar-refractivity contribution in [2.24, 2.45) is 5.73 Å². The van der Waals surface area contributed by atoms with Crippen molar-refractivity contribution in [3.8, 4) is 0 Å². The molecule has 116 valence electrons. The van der Waals surface area contributed by atoms with Crippen molar-refractivity contribution < 1.29 is 4.79 Å². The lowest BCUT2D eigenvalue weighted by Crippen LogP contribution is -2.51. The topological polar surface area (TPSA) is 58.4 Å². The van der Waals surface area contributed by atoms with Crippen molar-refractivity contribution >= 4 is 11.6 Å². The standard InChI is InChI=1S/C17H27N3O/c1-3-12-20(2)15-8-6-14(7-9-15)16(21)19-17(13-18)10-4-5-11-17/h6-9H,3-5,10-13,18H2,1-2H3,(H,19,21). The van der Waals surface area contributed by atoms with Crippen LogP contribution in [-0.2, 0) is 0 Å².